The molecule has 0 saturated heterocycles. The molecule has 1 rings (SSSR count). The van der Waals surface area contributed by atoms with Crippen LogP contribution in [0, 0.1) is 22.7 Å². The van der Waals surface area contributed by atoms with Crippen molar-refractivity contribution < 1.29 is 9.53 Å². The molecule has 1 aromatic carbocycles. The van der Waals surface area contributed by atoms with Crippen molar-refractivity contribution >= 4 is 17.3 Å². The zero-order chi connectivity index (χ0) is 15.8. The highest BCUT2D eigenvalue weighted by Gasteiger charge is 2.21. The number of nitrogens with zero attached hydrogens (tertiary/aromatic N) is 3. The summed E-state index contributed by atoms with van der Waals surface area (Å²) in [5.74, 6) is 0.117. The number of carbonyl (C=O) groups is 1. The van der Waals surface area contributed by atoms with Gasteiger partial charge >= 0.3 is 0 Å². The van der Waals surface area contributed by atoms with E-state index in [2.05, 4.69) is 5.32 Å². The standard InChI is InChI=1S/C14H17N5O2/c1-10(19(7-5-15)8-6-16)14(20)18-12-4-3-11(17)9-13(12)21-2/h3-4,9-10H,7-8,17H2,1-2H3,(H,18,20). The van der Waals surface area contributed by atoms with Crippen LogP contribution in [0.4, 0.5) is 11.4 Å². The number of anilines is 2. The highest BCUT2D eigenvalue weighted by Crippen LogP contribution is 2.26. The van der Waals surface area contributed by atoms with E-state index in [1.54, 1.807) is 25.1 Å². The molecule has 0 aliphatic heterocycles. The van der Waals surface area contributed by atoms with Crippen LogP contribution in [0.5, 0.6) is 5.75 Å². The van der Waals surface area contributed by atoms with Gasteiger partial charge in [0.15, 0.2) is 0 Å². The molecule has 0 heterocycles. The number of hydrogen-bond acceptors (Lipinski definition) is 6. The van der Waals surface area contributed by atoms with Crippen molar-refractivity contribution in [3.05, 3.63) is 18.2 Å². The van der Waals surface area contributed by atoms with Crippen LogP contribution in [0.2, 0.25) is 0 Å². The molecule has 0 bridgehead atoms. The third-order valence-electron chi connectivity index (χ3n) is 2.96. The van der Waals surface area contributed by atoms with Gasteiger partial charge in [0, 0.05) is 11.8 Å². The van der Waals surface area contributed by atoms with Crippen LogP contribution in [0.25, 0.3) is 0 Å². The largest absolute Gasteiger partial charge is 0.494 e. The minimum atomic E-state index is -0.619. The van der Waals surface area contributed by atoms with E-state index in [1.807, 2.05) is 12.1 Å². The van der Waals surface area contributed by atoms with E-state index in [0.29, 0.717) is 17.1 Å². The van der Waals surface area contributed by atoms with Gasteiger partial charge in [-0.15, -0.1) is 0 Å². The topological polar surface area (TPSA) is 115 Å². The fourth-order valence-corrected chi connectivity index (χ4v) is 1.73. The first-order valence-electron chi connectivity index (χ1n) is 6.25. The van der Waals surface area contributed by atoms with Crippen LogP contribution in [0.3, 0.4) is 0 Å². The van der Waals surface area contributed by atoms with Crippen molar-refractivity contribution in [1.82, 2.24) is 4.90 Å². The van der Waals surface area contributed by atoms with Crippen molar-refractivity contribution in [2.75, 3.05) is 31.2 Å². The monoisotopic (exact) mass is 287 g/mol. The van der Waals surface area contributed by atoms with Gasteiger partial charge in [-0.3, -0.25) is 9.69 Å². The quantitative estimate of drug-likeness (QED) is 0.594. The van der Waals surface area contributed by atoms with Crippen LogP contribution in [-0.2, 0) is 4.79 Å². The molecule has 1 unspecified atom stereocenters. The predicted molar refractivity (Wildman–Crippen MR) is 78.3 cm³/mol. The number of nitriles is 2. The highest BCUT2D eigenvalue weighted by atomic mass is 16.5. The Bertz CT molecular complexity index is 572. The summed E-state index contributed by atoms with van der Waals surface area (Å²) in [5, 5.41) is 20.2. The van der Waals surface area contributed by atoms with Gasteiger partial charge in [0.2, 0.25) is 5.91 Å². The molecule has 0 spiro atoms. The average Bonchev–Trinajstić information content (AvgIpc) is 2.47. The normalized spacial score (nSPS) is 11.3. The Hall–Kier alpha value is -2.77. The molecule has 110 valence electrons. The molecule has 0 radical (unpaired) electrons. The van der Waals surface area contributed by atoms with Gasteiger partial charge in [0.05, 0.1) is 44.1 Å². The summed E-state index contributed by atoms with van der Waals surface area (Å²) >= 11 is 0. The Morgan fingerprint density at radius 2 is 2.05 bits per heavy atom. The van der Waals surface area contributed by atoms with E-state index >= 15 is 0 Å². The second kappa shape index (κ2) is 7.73. The third kappa shape index (κ3) is 4.37. The number of ether oxygens (including phenoxy) is 1. The van der Waals surface area contributed by atoms with Gasteiger partial charge in [-0.1, -0.05) is 0 Å². The fourth-order valence-electron chi connectivity index (χ4n) is 1.73. The number of carbonyl (C=O) groups excluding carboxylic acids is 1. The smallest absolute Gasteiger partial charge is 0.241 e. The highest BCUT2D eigenvalue weighted by molar-refractivity contribution is 5.96. The van der Waals surface area contributed by atoms with E-state index in [-0.39, 0.29) is 19.0 Å². The van der Waals surface area contributed by atoms with Crippen molar-refractivity contribution in [2.24, 2.45) is 0 Å². The summed E-state index contributed by atoms with van der Waals surface area (Å²) in [7, 11) is 1.48. The predicted octanol–water partition coefficient (Wildman–Crippen LogP) is 0.954. The summed E-state index contributed by atoms with van der Waals surface area (Å²) in [6, 6.07) is 8.13. The molecule has 3 N–H and O–H groups in total. The maximum absolute atomic E-state index is 12.2. The molecule has 0 saturated carbocycles. The number of methoxy groups -OCH3 is 1. The maximum Gasteiger partial charge on any atom is 0.241 e. The fraction of sp³-hybridized carbons (Fsp3) is 0.357. The molecular weight excluding hydrogens is 270 g/mol. The van der Waals surface area contributed by atoms with Crippen molar-refractivity contribution in [3.8, 4) is 17.9 Å². The molecule has 1 aromatic rings. The van der Waals surface area contributed by atoms with E-state index in [9.17, 15) is 4.79 Å². The molecule has 21 heavy (non-hydrogen) atoms. The first-order chi connectivity index (χ1) is 10.0. The molecule has 0 aliphatic carbocycles. The minimum absolute atomic E-state index is 0.00101. The van der Waals surface area contributed by atoms with Gasteiger partial charge < -0.3 is 15.8 Å². The van der Waals surface area contributed by atoms with Crippen LogP contribution in [0.1, 0.15) is 6.92 Å². The van der Waals surface area contributed by atoms with Gasteiger partial charge in [-0.05, 0) is 19.1 Å². The van der Waals surface area contributed by atoms with Crippen LogP contribution < -0.4 is 15.8 Å². The van der Waals surface area contributed by atoms with Gasteiger partial charge in [-0.2, -0.15) is 10.5 Å². The van der Waals surface area contributed by atoms with Gasteiger partial charge in [0.1, 0.15) is 5.75 Å². The lowest BCUT2D eigenvalue weighted by molar-refractivity contribution is -0.120. The molecule has 0 aromatic heterocycles. The SMILES string of the molecule is COc1cc(N)ccc1NC(=O)C(C)N(CC#N)CC#N. The average molecular weight is 287 g/mol. The van der Waals surface area contributed by atoms with Crippen molar-refractivity contribution in [3.63, 3.8) is 0 Å². The van der Waals surface area contributed by atoms with Crippen LogP contribution >= 0.6 is 0 Å². The van der Waals surface area contributed by atoms with Crippen LogP contribution in [-0.4, -0.2) is 37.0 Å². The number of nitrogens with two attached hydrogens (primary N) is 1. The van der Waals surface area contributed by atoms with E-state index < -0.39 is 6.04 Å². The summed E-state index contributed by atoms with van der Waals surface area (Å²) < 4.78 is 5.15. The Balaban J connectivity index is 2.85. The second-order valence-corrected chi connectivity index (χ2v) is 4.35. The van der Waals surface area contributed by atoms with E-state index in [1.165, 1.54) is 12.0 Å². The molecular formula is C14H17N5O2. The van der Waals surface area contributed by atoms with E-state index in [4.69, 9.17) is 21.0 Å². The first-order valence-corrected chi connectivity index (χ1v) is 6.25. The number of benzene rings is 1. The van der Waals surface area contributed by atoms with Crippen molar-refractivity contribution in [2.45, 2.75) is 13.0 Å². The number of rotatable bonds is 6. The first kappa shape index (κ1) is 16.3. The van der Waals surface area contributed by atoms with Gasteiger partial charge in [0.25, 0.3) is 0 Å². The summed E-state index contributed by atoms with van der Waals surface area (Å²) in [6.45, 7) is 1.63. The molecule has 0 fully saturated rings. The van der Waals surface area contributed by atoms with E-state index in [0.717, 1.165) is 0 Å². The molecule has 1 atom stereocenters. The van der Waals surface area contributed by atoms with Gasteiger partial charge in [-0.25, -0.2) is 0 Å². The molecule has 7 heteroatoms. The summed E-state index contributed by atoms with van der Waals surface area (Å²) in [4.78, 5) is 13.7. The molecule has 0 aliphatic rings. The number of amides is 1. The van der Waals surface area contributed by atoms with Crippen molar-refractivity contribution in [1.29, 1.82) is 10.5 Å². The lowest BCUT2D eigenvalue weighted by atomic mass is 10.2. The Kier molecular flexibility index (Phi) is 5.99. The molecule has 1 amide bonds. The number of nitrogens with one attached hydrogen (secondary N) is 1. The summed E-state index contributed by atoms with van der Waals surface area (Å²) in [6.07, 6.45) is 0. The zero-order valence-corrected chi connectivity index (χ0v) is 12.0. The Morgan fingerprint density at radius 3 is 2.57 bits per heavy atom. The second-order valence-electron chi connectivity index (χ2n) is 4.35. The molecule has 7 nitrogen and oxygen atoms in total. The minimum Gasteiger partial charge on any atom is -0.494 e. The Labute approximate surface area is 123 Å². The lowest BCUT2D eigenvalue weighted by Gasteiger charge is -2.23. The Morgan fingerprint density at radius 1 is 1.43 bits per heavy atom. The lowest BCUT2D eigenvalue weighted by Crippen LogP contribution is -2.42. The number of nitrogen functional groups attached to an aromatic ring is 1. The number of hydrogen-bond donors (Lipinski definition) is 2. The maximum atomic E-state index is 12.2. The third-order valence-corrected chi connectivity index (χ3v) is 2.96. The van der Waals surface area contributed by atoms with Crippen LogP contribution in [0.15, 0.2) is 18.2 Å². The zero-order valence-electron chi connectivity index (χ0n) is 12.0. The summed E-state index contributed by atoms with van der Waals surface area (Å²) in [5.41, 5.74) is 6.65.